The maximum absolute atomic E-state index is 12.3. The number of nitrogens with one attached hydrogen (secondary N) is 1. The molecule has 0 unspecified atom stereocenters. The fourth-order valence-electron chi connectivity index (χ4n) is 2.73. The lowest BCUT2D eigenvalue weighted by atomic mass is 10.0. The number of carboxylic acid groups (broad SMARTS) is 2. The number of anilines is 2. The first-order valence-corrected chi connectivity index (χ1v) is 9.30. The lowest BCUT2D eigenvalue weighted by Crippen LogP contribution is -2.21. The van der Waals surface area contributed by atoms with E-state index in [0.29, 0.717) is 5.69 Å². The number of carbonyl (C=O) groups excluding carboxylic acids is 1. The largest absolute Gasteiger partial charge is 0.490 e. The predicted molar refractivity (Wildman–Crippen MR) is 118 cm³/mol. The van der Waals surface area contributed by atoms with Crippen LogP contribution < -0.4 is 11.1 Å². The predicted octanol–water partition coefficient (Wildman–Crippen LogP) is 4.80. The number of hydrogen-bond acceptors (Lipinski definition) is 4. The number of rotatable bonds is 4. The van der Waals surface area contributed by atoms with E-state index in [1.165, 1.54) is 18.2 Å². The second-order valence-corrected chi connectivity index (χ2v) is 6.79. The number of aromatic carboxylic acids is 1. The quantitative estimate of drug-likeness (QED) is 0.327. The highest BCUT2D eigenvalue weighted by atomic mass is 19.4. The highest BCUT2D eigenvalue weighted by molar-refractivity contribution is 6.07. The van der Waals surface area contributed by atoms with E-state index in [2.05, 4.69) is 5.32 Å². The number of aliphatic carboxylic acids is 1. The van der Waals surface area contributed by atoms with E-state index in [4.69, 9.17) is 15.6 Å². The lowest BCUT2D eigenvalue weighted by molar-refractivity contribution is -0.192. The Hall–Kier alpha value is -4.34. The van der Waals surface area contributed by atoms with Gasteiger partial charge in [-0.25, -0.2) is 9.59 Å². The summed E-state index contributed by atoms with van der Waals surface area (Å²) in [6, 6.07) is 18.3. The summed E-state index contributed by atoms with van der Waals surface area (Å²) >= 11 is 0. The van der Waals surface area contributed by atoms with Crippen molar-refractivity contribution in [3.8, 4) is 0 Å². The van der Waals surface area contributed by atoms with Gasteiger partial charge in [0.25, 0.3) is 0 Å². The minimum Gasteiger partial charge on any atom is -0.478 e. The van der Waals surface area contributed by atoms with Crippen LogP contribution in [0.1, 0.15) is 22.8 Å². The van der Waals surface area contributed by atoms with E-state index in [0.717, 1.165) is 21.9 Å². The van der Waals surface area contributed by atoms with Gasteiger partial charge in [0.2, 0.25) is 5.91 Å². The van der Waals surface area contributed by atoms with Crippen LogP contribution in [0.2, 0.25) is 0 Å². The van der Waals surface area contributed by atoms with Gasteiger partial charge >= 0.3 is 18.1 Å². The standard InChI is InChI=1S/C21H18N2O3.C2HF3O2/c1-13(15-7-6-14-4-2-3-5-16(14)11-15)10-20(24)23-19-9-8-17(22)12-18(19)21(25)26;3-2(4,5)1(6)7/h2-12H,22H2,1H3,(H,23,24)(H,25,26);(H,6,7)/b13-10-;. The first kappa shape index (κ1) is 24.9. The molecule has 0 spiro atoms. The van der Waals surface area contributed by atoms with E-state index < -0.39 is 24.0 Å². The fraction of sp³-hybridized carbons (Fsp3) is 0.0870. The van der Waals surface area contributed by atoms with Gasteiger partial charge in [0.1, 0.15) is 0 Å². The summed E-state index contributed by atoms with van der Waals surface area (Å²) in [5.74, 6) is -4.31. The van der Waals surface area contributed by atoms with E-state index >= 15 is 0 Å². The molecule has 0 fully saturated rings. The third-order valence-corrected chi connectivity index (χ3v) is 4.33. The number of fused-ring (bicyclic) bond motifs is 1. The van der Waals surface area contributed by atoms with Crippen LogP contribution in [0.25, 0.3) is 16.3 Å². The van der Waals surface area contributed by atoms with Crippen LogP contribution in [-0.2, 0) is 9.59 Å². The van der Waals surface area contributed by atoms with Crippen LogP contribution in [0.5, 0.6) is 0 Å². The number of carbonyl (C=O) groups is 3. The van der Waals surface area contributed by atoms with Crippen molar-refractivity contribution in [2.45, 2.75) is 13.1 Å². The zero-order chi connectivity index (χ0) is 24.8. The van der Waals surface area contributed by atoms with Crippen molar-refractivity contribution in [3.63, 3.8) is 0 Å². The molecule has 3 aromatic rings. The van der Waals surface area contributed by atoms with Gasteiger partial charge in [0.15, 0.2) is 0 Å². The third-order valence-electron chi connectivity index (χ3n) is 4.33. The number of allylic oxidation sites excluding steroid dienone is 1. The van der Waals surface area contributed by atoms with E-state index in [1.54, 1.807) is 6.07 Å². The van der Waals surface area contributed by atoms with Gasteiger partial charge in [-0.3, -0.25) is 4.79 Å². The Morgan fingerprint density at radius 1 is 0.939 bits per heavy atom. The smallest absolute Gasteiger partial charge is 0.478 e. The summed E-state index contributed by atoms with van der Waals surface area (Å²) in [4.78, 5) is 32.5. The first-order valence-electron chi connectivity index (χ1n) is 9.30. The van der Waals surface area contributed by atoms with Gasteiger partial charge in [-0.1, -0.05) is 36.4 Å². The van der Waals surface area contributed by atoms with Crippen molar-refractivity contribution in [1.82, 2.24) is 0 Å². The van der Waals surface area contributed by atoms with Crippen LogP contribution in [0.15, 0.2) is 66.7 Å². The maximum atomic E-state index is 12.3. The molecule has 0 aliphatic carbocycles. The molecule has 1 amide bonds. The molecule has 0 saturated heterocycles. The molecule has 0 atom stereocenters. The van der Waals surface area contributed by atoms with Crippen molar-refractivity contribution in [2.24, 2.45) is 0 Å². The molecule has 0 aromatic heterocycles. The molecular weight excluding hydrogens is 441 g/mol. The summed E-state index contributed by atoms with van der Waals surface area (Å²) in [7, 11) is 0. The molecule has 3 rings (SSSR count). The second kappa shape index (κ2) is 10.3. The normalized spacial score (nSPS) is 11.3. The molecule has 33 heavy (non-hydrogen) atoms. The fourth-order valence-corrected chi connectivity index (χ4v) is 2.73. The van der Waals surface area contributed by atoms with E-state index in [9.17, 15) is 27.9 Å². The minimum absolute atomic E-state index is 0.0462. The van der Waals surface area contributed by atoms with Crippen LogP contribution in [0.3, 0.4) is 0 Å². The zero-order valence-corrected chi connectivity index (χ0v) is 17.2. The highest BCUT2D eigenvalue weighted by Crippen LogP contribution is 2.22. The SMILES string of the molecule is C/C(=C/C(=O)Nc1ccc(N)cc1C(=O)O)c1ccc2ccccc2c1.O=C(O)C(F)(F)F. The molecule has 172 valence electrons. The summed E-state index contributed by atoms with van der Waals surface area (Å²) in [6.07, 6.45) is -3.63. The molecule has 0 aliphatic rings. The molecular formula is C23H19F3N2O5. The van der Waals surface area contributed by atoms with Crippen molar-refractivity contribution in [1.29, 1.82) is 0 Å². The molecule has 10 heteroatoms. The van der Waals surface area contributed by atoms with Gasteiger partial charge in [0, 0.05) is 11.8 Å². The number of alkyl halides is 3. The lowest BCUT2D eigenvalue weighted by Gasteiger charge is -2.09. The number of nitrogen functional groups attached to an aromatic ring is 1. The number of nitrogens with two attached hydrogens (primary N) is 1. The van der Waals surface area contributed by atoms with Crippen LogP contribution in [0, 0.1) is 0 Å². The molecule has 3 aromatic carbocycles. The van der Waals surface area contributed by atoms with Crippen molar-refractivity contribution >= 4 is 45.6 Å². The average Bonchev–Trinajstić information content (AvgIpc) is 2.74. The Bertz CT molecular complexity index is 1240. The number of hydrogen-bond donors (Lipinski definition) is 4. The Kier molecular flexibility index (Phi) is 7.79. The second-order valence-electron chi connectivity index (χ2n) is 6.79. The zero-order valence-electron chi connectivity index (χ0n) is 17.2. The summed E-state index contributed by atoms with van der Waals surface area (Å²) in [6.45, 7) is 1.84. The highest BCUT2D eigenvalue weighted by Gasteiger charge is 2.38. The Morgan fingerprint density at radius 3 is 2.12 bits per heavy atom. The van der Waals surface area contributed by atoms with Gasteiger partial charge in [-0.05, 0) is 53.1 Å². The Balaban J connectivity index is 0.000000479. The summed E-state index contributed by atoms with van der Waals surface area (Å²) in [5, 5.41) is 21.2. The minimum atomic E-state index is -5.08. The number of carboxylic acids is 2. The summed E-state index contributed by atoms with van der Waals surface area (Å²) < 4.78 is 31.7. The Labute approximate surface area is 186 Å². The average molecular weight is 460 g/mol. The van der Waals surface area contributed by atoms with Gasteiger partial charge in [0.05, 0.1) is 11.3 Å². The van der Waals surface area contributed by atoms with Gasteiger partial charge in [-0.2, -0.15) is 13.2 Å². The van der Waals surface area contributed by atoms with Gasteiger partial charge < -0.3 is 21.3 Å². The number of benzene rings is 3. The Morgan fingerprint density at radius 2 is 1.55 bits per heavy atom. The molecule has 0 aliphatic heterocycles. The molecule has 0 heterocycles. The molecule has 0 bridgehead atoms. The summed E-state index contributed by atoms with van der Waals surface area (Å²) in [5.41, 5.74) is 7.80. The third kappa shape index (κ3) is 7.10. The van der Waals surface area contributed by atoms with Crippen LogP contribution in [-0.4, -0.2) is 34.2 Å². The van der Waals surface area contributed by atoms with Crippen LogP contribution >= 0.6 is 0 Å². The number of halogens is 3. The van der Waals surface area contributed by atoms with Crippen LogP contribution in [0.4, 0.5) is 24.5 Å². The topological polar surface area (TPSA) is 130 Å². The van der Waals surface area contributed by atoms with Crippen molar-refractivity contribution in [2.75, 3.05) is 11.1 Å². The molecule has 5 N–H and O–H groups in total. The molecule has 0 radical (unpaired) electrons. The van der Waals surface area contributed by atoms with Crippen molar-refractivity contribution in [3.05, 3.63) is 77.9 Å². The molecule has 0 saturated carbocycles. The van der Waals surface area contributed by atoms with Gasteiger partial charge in [-0.15, -0.1) is 0 Å². The first-order chi connectivity index (χ1) is 15.4. The molecule has 7 nitrogen and oxygen atoms in total. The van der Waals surface area contributed by atoms with E-state index in [1.807, 2.05) is 49.4 Å². The van der Waals surface area contributed by atoms with Crippen molar-refractivity contribution < 1.29 is 37.8 Å². The maximum Gasteiger partial charge on any atom is 0.490 e. The number of amides is 1. The monoisotopic (exact) mass is 460 g/mol. The van der Waals surface area contributed by atoms with E-state index in [-0.39, 0.29) is 11.3 Å².